The Kier molecular flexibility index (Phi) is 5.45. The lowest BCUT2D eigenvalue weighted by molar-refractivity contribution is -0.0516. The predicted molar refractivity (Wildman–Crippen MR) is 89.8 cm³/mol. The van der Waals surface area contributed by atoms with Gasteiger partial charge >= 0.3 is 6.61 Å². The zero-order chi connectivity index (χ0) is 18.5. The molecule has 0 bridgehead atoms. The van der Waals surface area contributed by atoms with E-state index in [1.54, 1.807) is 29.4 Å². The highest BCUT2D eigenvalue weighted by Crippen LogP contribution is 2.33. The third-order valence-corrected chi connectivity index (χ3v) is 4.04. The van der Waals surface area contributed by atoms with Crippen LogP contribution in [0, 0.1) is 0 Å². The number of rotatable bonds is 5. The van der Waals surface area contributed by atoms with Gasteiger partial charge in [-0.3, -0.25) is 4.79 Å². The van der Waals surface area contributed by atoms with Gasteiger partial charge in [0.2, 0.25) is 5.95 Å². The first kappa shape index (κ1) is 17.8. The Labute approximate surface area is 149 Å². The number of ether oxygens (including phenoxy) is 2. The number of alkyl halides is 2. The molecule has 1 saturated heterocycles. The molecule has 1 aliphatic heterocycles. The number of anilines is 1. The fourth-order valence-corrected chi connectivity index (χ4v) is 2.79. The monoisotopic (exact) mass is 364 g/mol. The molecule has 1 fully saturated rings. The van der Waals surface area contributed by atoms with E-state index >= 15 is 0 Å². The van der Waals surface area contributed by atoms with Gasteiger partial charge in [0.05, 0.1) is 12.7 Å². The molecule has 26 heavy (non-hydrogen) atoms. The second-order valence-electron chi connectivity index (χ2n) is 5.54. The van der Waals surface area contributed by atoms with Crippen molar-refractivity contribution in [2.24, 2.45) is 0 Å². The maximum Gasteiger partial charge on any atom is 0.387 e. The SMILES string of the molecule is COc1cccc(C(=O)N2CCN(c3ncccn3)CC2)c1OC(F)F. The lowest BCUT2D eigenvalue weighted by Crippen LogP contribution is -2.49. The second-order valence-corrected chi connectivity index (χ2v) is 5.54. The molecule has 0 aliphatic carbocycles. The van der Waals surface area contributed by atoms with Crippen LogP contribution in [0.3, 0.4) is 0 Å². The van der Waals surface area contributed by atoms with Gasteiger partial charge in [0, 0.05) is 38.6 Å². The van der Waals surface area contributed by atoms with Crippen LogP contribution in [0.15, 0.2) is 36.7 Å². The maximum absolute atomic E-state index is 12.8. The number of carbonyl (C=O) groups excluding carboxylic acids is 1. The van der Waals surface area contributed by atoms with E-state index in [2.05, 4.69) is 14.7 Å². The van der Waals surface area contributed by atoms with Crippen LogP contribution >= 0.6 is 0 Å². The Morgan fingerprint density at radius 3 is 2.42 bits per heavy atom. The number of nitrogens with zero attached hydrogens (tertiary/aromatic N) is 4. The molecule has 9 heteroatoms. The fourth-order valence-electron chi connectivity index (χ4n) is 2.79. The van der Waals surface area contributed by atoms with Gasteiger partial charge in [-0.2, -0.15) is 8.78 Å². The smallest absolute Gasteiger partial charge is 0.387 e. The average molecular weight is 364 g/mol. The van der Waals surface area contributed by atoms with E-state index < -0.39 is 6.61 Å². The number of benzene rings is 1. The summed E-state index contributed by atoms with van der Waals surface area (Å²) < 4.78 is 35.1. The van der Waals surface area contributed by atoms with Crippen LogP contribution in [0.1, 0.15) is 10.4 Å². The molecule has 0 atom stereocenters. The molecule has 0 N–H and O–H groups in total. The molecule has 2 heterocycles. The molecule has 1 aromatic heterocycles. The maximum atomic E-state index is 12.8. The van der Waals surface area contributed by atoms with Gasteiger partial charge in [-0.15, -0.1) is 0 Å². The minimum Gasteiger partial charge on any atom is -0.493 e. The Hall–Kier alpha value is -2.97. The van der Waals surface area contributed by atoms with Crippen LogP contribution in [0.5, 0.6) is 11.5 Å². The number of piperazine rings is 1. The summed E-state index contributed by atoms with van der Waals surface area (Å²) in [6, 6.07) is 6.23. The Balaban J connectivity index is 1.74. The molecule has 1 aliphatic rings. The summed E-state index contributed by atoms with van der Waals surface area (Å²) >= 11 is 0. The molecular weight excluding hydrogens is 346 g/mol. The highest BCUT2D eigenvalue weighted by Gasteiger charge is 2.27. The van der Waals surface area contributed by atoms with Crippen LogP contribution in [0.25, 0.3) is 0 Å². The summed E-state index contributed by atoms with van der Waals surface area (Å²) in [6.45, 7) is -1.12. The summed E-state index contributed by atoms with van der Waals surface area (Å²) in [5.74, 6) is 0.0622. The van der Waals surface area contributed by atoms with E-state index in [0.29, 0.717) is 32.1 Å². The van der Waals surface area contributed by atoms with Gasteiger partial charge in [0.15, 0.2) is 11.5 Å². The molecular formula is C17H18F2N4O3. The molecule has 1 amide bonds. The number of amides is 1. The van der Waals surface area contributed by atoms with Gasteiger partial charge in [0.25, 0.3) is 5.91 Å². The lowest BCUT2D eigenvalue weighted by Gasteiger charge is -2.35. The first-order valence-electron chi connectivity index (χ1n) is 8.03. The largest absolute Gasteiger partial charge is 0.493 e. The van der Waals surface area contributed by atoms with Crippen molar-refractivity contribution in [3.8, 4) is 11.5 Å². The van der Waals surface area contributed by atoms with Crippen molar-refractivity contribution < 1.29 is 23.0 Å². The van der Waals surface area contributed by atoms with Gasteiger partial charge in [0.1, 0.15) is 0 Å². The first-order valence-corrected chi connectivity index (χ1v) is 8.03. The molecule has 3 rings (SSSR count). The number of halogens is 2. The van der Waals surface area contributed by atoms with Crippen molar-refractivity contribution in [3.63, 3.8) is 0 Å². The molecule has 0 unspecified atom stereocenters. The third-order valence-electron chi connectivity index (χ3n) is 4.04. The van der Waals surface area contributed by atoms with Crippen molar-refractivity contribution in [1.29, 1.82) is 0 Å². The van der Waals surface area contributed by atoms with Crippen molar-refractivity contribution in [3.05, 3.63) is 42.2 Å². The highest BCUT2D eigenvalue weighted by molar-refractivity contribution is 5.98. The molecule has 0 radical (unpaired) electrons. The van der Waals surface area contributed by atoms with Crippen molar-refractivity contribution >= 4 is 11.9 Å². The third kappa shape index (κ3) is 3.81. The number of hydrogen-bond acceptors (Lipinski definition) is 6. The van der Waals surface area contributed by atoms with Crippen LogP contribution in [0.2, 0.25) is 0 Å². The standard InChI is InChI=1S/C17H18F2N4O3/c1-25-13-5-2-4-12(14(13)26-16(18)19)15(24)22-8-10-23(11-9-22)17-20-6-3-7-21-17/h2-7,16H,8-11H2,1H3. The van der Waals surface area contributed by atoms with Gasteiger partial charge in [-0.05, 0) is 18.2 Å². The topological polar surface area (TPSA) is 67.8 Å². The summed E-state index contributed by atoms with van der Waals surface area (Å²) in [7, 11) is 1.33. The highest BCUT2D eigenvalue weighted by atomic mass is 19.3. The Morgan fingerprint density at radius 1 is 1.12 bits per heavy atom. The second kappa shape index (κ2) is 7.94. The van der Waals surface area contributed by atoms with Crippen molar-refractivity contribution in [2.45, 2.75) is 6.61 Å². The van der Waals surface area contributed by atoms with Crippen LogP contribution < -0.4 is 14.4 Å². The molecule has 1 aromatic carbocycles. The zero-order valence-corrected chi connectivity index (χ0v) is 14.1. The summed E-state index contributed by atoms with van der Waals surface area (Å²) in [5, 5.41) is 0. The molecule has 7 nitrogen and oxygen atoms in total. The van der Waals surface area contributed by atoms with Crippen LogP contribution in [-0.4, -0.2) is 60.7 Å². The van der Waals surface area contributed by atoms with Gasteiger partial charge in [-0.1, -0.05) is 6.07 Å². The van der Waals surface area contributed by atoms with Crippen LogP contribution in [0.4, 0.5) is 14.7 Å². The fraction of sp³-hybridized carbons (Fsp3) is 0.353. The summed E-state index contributed by atoms with van der Waals surface area (Å²) in [5.41, 5.74) is 0.0501. The Bertz CT molecular complexity index is 753. The summed E-state index contributed by atoms with van der Waals surface area (Å²) in [4.78, 5) is 24.7. The van der Waals surface area contributed by atoms with Crippen molar-refractivity contribution in [1.82, 2.24) is 14.9 Å². The number of aromatic nitrogens is 2. The zero-order valence-electron chi connectivity index (χ0n) is 14.1. The predicted octanol–water partition coefficient (Wildman–Crippen LogP) is 2.05. The average Bonchev–Trinajstić information content (AvgIpc) is 2.68. The van der Waals surface area contributed by atoms with Gasteiger partial charge in [-0.25, -0.2) is 9.97 Å². The summed E-state index contributed by atoms with van der Waals surface area (Å²) in [6.07, 6.45) is 3.31. The van der Waals surface area contributed by atoms with E-state index in [4.69, 9.17) is 4.74 Å². The number of hydrogen-bond donors (Lipinski definition) is 0. The van der Waals surface area contributed by atoms with Crippen molar-refractivity contribution in [2.75, 3.05) is 38.2 Å². The van der Waals surface area contributed by atoms with Gasteiger partial charge < -0.3 is 19.3 Å². The normalized spacial score (nSPS) is 14.5. The van der Waals surface area contributed by atoms with E-state index in [-0.39, 0.29) is 23.0 Å². The quantitative estimate of drug-likeness (QED) is 0.809. The molecule has 2 aromatic rings. The number of para-hydroxylation sites is 1. The van der Waals surface area contributed by atoms with E-state index in [1.807, 2.05) is 4.90 Å². The first-order chi connectivity index (χ1) is 12.6. The Morgan fingerprint density at radius 2 is 1.81 bits per heavy atom. The molecule has 0 spiro atoms. The lowest BCUT2D eigenvalue weighted by atomic mass is 10.1. The minimum atomic E-state index is -3.05. The van der Waals surface area contributed by atoms with E-state index in [1.165, 1.54) is 19.2 Å². The molecule has 138 valence electrons. The van der Waals surface area contributed by atoms with Crippen LogP contribution in [-0.2, 0) is 0 Å². The minimum absolute atomic E-state index is 0.0501. The number of methoxy groups -OCH3 is 1. The van der Waals surface area contributed by atoms with E-state index in [0.717, 1.165) is 0 Å². The molecule has 0 saturated carbocycles. The number of carbonyl (C=O) groups is 1. The van der Waals surface area contributed by atoms with E-state index in [9.17, 15) is 13.6 Å².